The molecule has 1 saturated heterocycles. The van der Waals surface area contributed by atoms with Crippen LogP contribution < -0.4 is 5.32 Å². The molecule has 1 N–H and O–H groups in total. The molecule has 2 nitrogen and oxygen atoms in total. The Bertz CT molecular complexity index is 162. The summed E-state index contributed by atoms with van der Waals surface area (Å²) in [4.78, 5) is 2.63. The maximum atomic E-state index is 3.58. The molecule has 0 unspecified atom stereocenters. The first-order chi connectivity index (χ1) is 8.36. The van der Waals surface area contributed by atoms with E-state index in [0.29, 0.717) is 0 Å². The van der Waals surface area contributed by atoms with Gasteiger partial charge in [-0.2, -0.15) is 0 Å². The molecule has 0 atom stereocenters. The smallest absolute Gasteiger partial charge is 0.0107 e. The van der Waals surface area contributed by atoms with Crippen LogP contribution in [0.3, 0.4) is 0 Å². The van der Waals surface area contributed by atoms with Crippen LogP contribution in [0.25, 0.3) is 0 Å². The van der Waals surface area contributed by atoms with Crippen LogP contribution in [-0.2, 0) is 0 Å². The number of rotatable bonds is 9. The molecule has 1 fully saturated rings. The average Bonchev–Trinajstić information content (AvgIpc) is 2.38. The number of piperidine rings is 1. The minimum Gasteiger partial charge on any atom is -0.315 e. The highest BCUT2D eigenvalue weighted by molar-refractivity contribution is 4.71. The summed E-state index contributed by atoms with van der Waals surface area (Å²) in [6, 6.07) is 0. The zero-order chi connectivity index (χ0) is 12.3. The first-order valence-corrected chi connectivity index (χ1v) is 7.79. The van der Waals surface area contributed by atoms with Gasteiger partial charge in [-0.1, -0.05) is 39.5 Å². The van der Waals surface area contributed by atoms with Gasteiger partial charge in [-0.05, 0) is 44.8 Å². The molecule has 0 aromatic carbocycles. The van der Waals surface area contributed by atoms with Gasteiger partial charge < -0.3 is 10.2 Å². The van der Waals surface area contributed by atoms with Crippen molar-refractivity contribution in [1.29, 1.82) is 0 Å². The normalized spacial score (nSPS) is 18.7. The van der Waals surface area contributed by atoms with Crippen molar-refractivity contribution < 1.29 is 0 Å². The van der Waals surface area contributed by atoms with E-state index in [1.807, 2.05) is 0 Å². The summed E-state index contributed by atoms with van der Waals surface area (Å²) >= 11 is 0. The first kappa shape index (κ1) is 15.0. The molecule has 0 saturated carbocycles. The van der Waals surface area contributed by atoms with Gasteiger partial charge in [0.2, 0.25) is 0 Å². The van der Waals surface area contributed by atoms with Crippen LogP contribution in [-0.4, -0.2) is 37.6 Å². The van der Waals surface area contributed by atoms with Crippen molar-refractivity contribution >= 4 is 0 Å². The predicted octanol–water partition coefficient (Wildman–Crippen LogP) is 3.28. The topological polar surface area (TPSA) is 15.3 Å². The Morgan fingerprint density at radius 3 is 2.41 bits per heavy atom. The third-order valence-electron chi connectivity index (χ3n) is 4.10. The number of nitrogens with one attached hydrogen (secondary N) is 1. The lowest BCUT2D eigenvalue weighted by atomic mass is 9.94. The molecular weight excluding hydrogens is 208 g/mol. The zero-order valence-electron chi connectivity index (χ0n) is 12.0. The summed E-state index contributed by atoms with van der Waals surface area (Å²) in [5.41, 5.74) is 0. The highest BCUT2D eigenvalue weighted by Gasteiger charge is 2.16. The van der Waals surface area contributed by atoms with E-state index < -0.39 is 0 Å². The van der Waals surface area contributed by atoms with Crippen LogP contribution in [0.1, 0.15) is 58.8 Å². The van der Waals surface area contributed by atoms with Crippen LogP contribution in [0.5, 0.6) is 0 Å². The van der Waals surface area contributed by atoms with E-state index in [4.69, 9.17) is 0 Å². The monoisotopic (exact) mass is 240 g/mol. The lowest BCUT2D eigenvalue weighted by Gasteiger charge is -2.31. The van der Waals surface area contributed by atoms with Gasteiger partial charge in [0.05, 0.1) is 0 Å². The van der Waals surface area contributed by atoms with Gasteiger partial charge in [0.15, 0.2) is 0 Å². The van der Waals surface area contributed by atoms with Crippen LogP contribution in [0.2, 0.25) is 0 Å². The molecule has 0 aromatic rings. The van der Waals surface area contributed by atoms with Gasteiger partial charge in [0, 0.05) is 13.1 Å². The minimum absolute atomic E-state index is 1.01. The number of hydrogen-bond donors (Lipinski definition) is 1. The molecule has 1 aliphatic rings. The summed E-state index contributed by atoms with van der Waals surface area (Å²) < 4.78 is 0. The van der Waals surface area contributed by atoms with Gasteiger partial charge in [-0.25, -0.2) is 0 Å². The Balaban J connectivity index is 1.87. The van der Waals surface area contributed by atoms with Crippen molar-refractivity contribution in [2.75, 3.05) is 32.7 Å². The van der Waals surface area contributed by atoms with Gasteiger partial charge in [-0.3, -0.25) is 0 Å². The quantitative estimate of drug-likeness (QED) is 0.622. The summed E-state index contributed by atoms with van der Waals surface area (Å²) in [5, 5.41) is 3.58. The summed E-state index contributed by atoms with van der Waals surface area (Å²) in [6.07, 6.45) is 9.71. The lowest BCUT2D eigenvalue weighted by Crippen LogP contribution is -2.38. The van der Waals surface area contributed by atoms with E-state index in [2.05, 4.69) is 24.1 Å². The standard InChI is InChI=1S/C15H32N2/c1-3-5-6-7-10-16-11-14-17-12-8-15(4-2)9-13-17/h15-16H,3-14H2,1-2H3. The van der Waals surface area contributed by atoms with Crippen LogP contribution in [0, 0.1) is 5.92 Å². The Hall–Kier alpha value is -0.0800. The highest BCUT2D eigenvalue weighted by Crippen LogP contribution is 2.19. The molecule has 1 heterocycles. The molecule has 17 heavy (non-hydrogen) atoms. The van der Waals surface area contributed by atoms with E-state index in [-0.39, 0.29) is 0 Å². The second-order valence-corrected chi connectivity index (χ2v) is 5.50. The molecule has 2 heteroatoms. The van der Waals surface area contributed by atoms with E-state index in [1.165, 1.54) is 77.7 Å². The molecule has 102 valence electrons. The fraction of sp³-hybridized carbons (Fsp3) is 1.00. The molecule has 1 rings (SSSR count). The number of likely N-dealkylation sites (tertiary alicyclic amines) is 1. The Morgan fingerprint density at radius 1 is 1.00 bits per heavy atom. The van der Waals surface area contributed by atoms with Gasteiger partial charge >= 0.3 is 0 Å². The van der Waals surface area contributed by atoms with E-state index in [0.717, 1.165) is 5.92 Å². The molecule has 0 spiro atoms. The van der Waals surface area contributed by atoms with E-state index in [1.54, 1.807) is 0 Å². The third-order valence-corrected chi connectivity index (χ3v) is 4.10. The number of hydrogen-bond acceptors (Lipinski definition) is 2. The van der Waals surface area contributed by atoms with Crippen LogP contribution in [0.15, 0.2) is 0 Å². The highest BCUT2D eigenvalue weighted by atomic mass is 15.1. The predicted molar refractivity (Wildman–Crippen MR) is 76.5 cm³/mol. The number of unbranched alkanes of at least 4 members (excludes halogenated alkanes) is 3. The Labute approximate surface area is 108 Å². The first-order valence-electron chi connectivity index (χ1n) is 7.79. The molecular formula is C15H32N2. The van der Waals surface area contributed by atoms with Crippen molar-refractivity contribution in [2.45, 2.75) is 58.8 Å². The van der Waals surface area contributed by atoms with Crippen molar-refractivity contribution in [3.8, 4) is 0 Å². The summed E-state index contributed by atoms with van der Waals surface area (Å²) in [7, 11) is 0. The summed E-state index contributed by atoms with van der Waals surface area (Å²) in [5.74, 6) is 1.01. The lowest BCUT2D eigenvalue weighted by molar-refractivity contribution is 0.182. The molecule has 0 aliphatic carbocycles. The minimum atomic E-state index is 1.01. The van der Waals surface area contributed by atoms with Crippen molar-refractivity contribution in [1.82, 2.24) is 10.2 Å². The summed E-state index contributed by atoms with van der Waals surface area (Å²) in [6.45, 7) is 10.9. The SMILES string of the molecule is CCCCCCNCCN1CCC(CC)CC1. The maximum absolute atomic E-state index is 3.58. The number of nitrogens with zero attached hydrogens (tertiary/aromatic N) is 1. The second-order valence-electron chi connectivity index (χ2n) is 5.50. The largest absolute Gasteiger partial charge is 0.315 e. The van der Waals surface area contributed by atoms with Gasteiger partial charge in [0.25, 0.3) is 0 Å². The van der Waals surface area contributed by atoms with Crippen molar-refractivity contribution in [3.05, 3.63) is 0 Å². The van der Waals surface area contributed by atoms with Gasteiger partial charge in [-0.15, -0.1) is 0 Å². The Kier molecular flexibility index (Phi) is 8.72. The van der Waals surface area contributed by atoms with E-state index in [9.17, 15) is 0 Å². The molecule has 0 radical (unpaired) electrons. The molecule has 0 aromatic heterocycles. The Morgan fingerprint density at radius 2 is 1.76 bits per heavy atom. The molecule has 1 aliphatic heterocycles. The van der Waals surface area contributed by atoms with Crippen molar-refractivity contribution in [2.24, 2.45) is 5.92 Å². The average molecular weight is 240 g/mol. The molecule has 0 amide bonds. The van der Waals surface area contributed by atoms with Crippen LogP contribution in [0.4, 0.5) is 0 Å². The van der Waals surface area contributed by atoms with Crippen molar-refractivity contribution in [3.63, 3.8) is 0 Å². The molecule has 0 bridgehead atoms. The fourth-order valence-electron chi connectivity index (χ4n) is 2.66. The van der Waals surface area contributed by atoms with Gasteiger partial charge in [0.1, 0.15) is 0 Å². The van der Waals surface area contributed by atoms with Crippen LogP contribution >= 0.6 is 0 Å². The second kappa shape index (κ2) is 9.90. The maximum Gasteiger partial charge on any atom is 0.0107 e. The zero-order valence-corrected chi connectivity index (χ0v) is 12.0. The van der Waals surface area contributed by atoms with E-state index >= 15 is 0 Å². The fourth-order valence-corrected chi connectivity index (χ4v) is 2.66. The third kappa shape index (κ3) is 7.05.